The zero-order chi connectivity index (χ0) is 23.8. The minimum absolute atomic E-state index is 0. The lowest BCUT2D eigenvalue weighted by molar-refractivity contribution is -0.147. The lowest BCUT2D eigenvalue weighted by Gasteiger charge is -2.45. The Labute approximate surface area is 208 Å². The molecule has 0 aliphatic heterocycles. The third-order valence-electron chi connectivity index (χ3n) is 6.15. The Hall–Kier alpha value is -3.15. The van der Waals surface area contributed by atoms with Crippen molar-refractivity contribution in [2.45, 2.75) is 44.2 Å². The molecule has 2 amide bonds. The summed E-state index contributed by atoms with van der Waals surface area (Å²) in [6.07, 6.45) is 0.994. The number of carbonyl (C=O) groups is 2. The van der Waals surface area contributed by atoms with Crippen LogP contribution in [-0.4, -0.2) is 29.3 Å². The number of benzene rings is 3. The normalized spacial score (nSPS) is 12.0. The molecule has 0 aliphatic carbocycles. The summed E-state index contributed by atoms with van der Waals surface area (Å²) in [6.45, 7) is 4.34. The topological polar surface area (TPSA) is 89.4 Å². The molecule has 0 aromatic heterocycles. The number of rotatable bonds is 10. The van der Waals surface area contributed by atoms with Gasteiger partial charge in [0.05, 0.1) is 11.5 Å². The Balaban J connectivity index is 0.00000408. The van der Waals surface area contributed by atoms with Crippen molar-refractivity contribution >= 4 is 24.2 Å². The van der Waals surface area contributed by atoms with E-state index in [4.69, 9.17) is 11.5 Å². The summed E-state index contributed by atoms with van der Waals surface area (Å²) in [7, 11) is 0. The Morgan fingerprint density at radius 1 is 0.824 bits per heavy atom. The lowest BCUT2D eigenvalue weighted by Crippen LogP contribution is -2.57. The molecule has 3 aromatic carbocycles. The summed E-state index contributed by atoms with van der Waals surface area (Å²) in [6, 6.07) is 28.3. The third kappa shape index (κ3) is 6.04. The molecule has 0 unspecified atom stereocenters. The summed E-state index contributed by atoms with van der Waals surface area (Å²) in [4.78, 5) is 28.9. The van der Waals surface area contributed by atoms with Gasteiger partial charge in [0.2, 0.25) is 11.8 Å². The molecule has 6 heteroatoms. The SMILES string of the molecule is CC(C)(c1ccccc1)N(C(=O)C(c1ccccc1)c1ccccc1)[C@H](CCCN)C(N)=O.Cl. The van der Waals surface area contributed by atoms with E-state index in [1.165, 1.54) is 0 Å². The molecule has 5 nitrogen and oxygen atoms in total. The Bertz CT molecular complexity index is 1000. The molecule has 0 saturated heterocycles. The van der Waals surface area contributed by atoms with Gasteiger partial charge in [-0.25, -0.2) is 0 Å². The van der Waals surface area contributed by atoms with Crippen molar-refractivity contribution in [2.24, 2.45) is 11.5 Å². The first kappa shape index (κ1) is 27.1. The summed E-state index contributed by atoms with van der Waals surface area (Å²) in [5, 5.41) is 0. The molecule has 34 heavy (non-hydrogen) atoms. The standard InChI is InChI=1S/C28H33N3O2.ClH/c1-28(2,23-17-10-5-11-18-23)31(24(26(30)32)19-12-20-29)27(33)25(21-13-6-3-7-14-21)22-15-8-4-9-16-22;/h3-11,13-18,24-25H,12,19-20,29H2,1-2H3,(H2,30,32);1H/t24-;/m1./s1. The van der Waals surface area contributed by atoms with Crippen LogP contribution in [0.25, 0.3) is 0 Å². The number of amides is 2. The fraction of sp³-hybridized carbons (Fsp3) is 0.286. The van der Waals surface area contributed by atoms with E-state index in [2.05, 4.69) is 0 Å². The van der Waals surface area contributed by atoms with E-state index in [0.29, 0.717) is 19.4 Å². The maximum atomic E-state index is 14.5. The van der Waals surface area contributed by atoms with Crippen LogP contribution < -0.4 is 11.5 Å². The van der Waals surface area contributed by atoms with Gasteiger partial charge < -0.3 is 16.4 Å². The van der Waals surface area contributed by atoms with Crippen molar-refractivity contribution in [1.29, 1.82) is 0 Å². The van der Waals surface area contributed by atoms with Gasteiger partial charge in [-0.05, 0) is 49.9 Å². The van der Waals surface area contributed by atoms with Crippen LogP contribution in [0, 0.1) is 0 Å². The second kappa shape index (κ2) is 12.4. The van der Waals surface area contributed by atoms with Crippen LogP contribution in [0.3, 0.4) is 0 Å². The van der Waals surface area contributed by atoms with Crippen LogP contribution >= 0.6 is 12.4 Å². The van der Waals surface area contributed by atoms with Crippen molar-refractivity contribution in [3.63, 3.8) is 0 Å². The second-order valence-corrected chi connectivity index (χ2v) is 8.74. The van der Waals surface area contributed by atoms with Gasteiger partial charge in [-0.2, -0.15) is 0 Å². The third-order valence-corrected chi connectivity index (χ3v) is 6.15. The van der Waals surface area contributed by atoms with E-state index in [0.717, 1.165) is 16.7 Å². The van der Waals surface area contributed by atoms with E-state index in [-0.39, 0.29) is 18.3 Å². The van der Waals surface area contributed by atoms with E-state index in [9.17, 15) is 9.59 Å². The Morgan fingerprint density at radius 3 is 1.68 bits per heavy atom. The minimum Gasteiger partial charge on any atom is -0.368 e. The number of primary amides is 1. The molecular weight excluding hydrogens is 446 g/mol. The molecule has 4 N–H and O–H groups in total. The number of nitrogens with two attached hydrogens (primary N) is 2. The zero-order valence-electron chi connectivity index (χ0n) is 19.8. The summed E-state index contributed by atoms with van der Waals surface area (Å²) < 4.78 is 0. The second-order valence-electron chi connectivity index (χ2n) is 8.74. The number of hydrogen-bond acceptors (Lipinski definition) is 3. The number of halogens is 1. The lowest BCUT2D eigenvalue weighted by atomic mass is 9.84. The van der Waals surface area contributed by atoms with Gasteiger partial charge in [0.1, 0.15) is 6.04 Å². The van der Waals surface area contributed by atoms with Crippen molar-refractivity contribution in [1.82, 2.24) is 4.90 Å². The zero-order valence-corrected chi connectivity index (χ0v) is 20.6. The van der Waals surface area contributed by atoms with Crippen molar-refractivity contribution in [3.8, 4) is 0 Å². The van der Waals surface area contributed by atoms with Crippen LogP contribution in [0.2, 0.25) is 0 Å². The molecule has 0 saturated carbocycles. The molecule has 1 atom stereocenters. The maximum absolute atomic E-state index is 14.5. The van der Waals surface area contributed by atoms with Gasteiger partial charge >= 0.3 is 0 Å². The van der Waals surface area contributed by atoms with Gasteiger partial charge in [0.15, 0.2) is 0 Å². The summed E-state index contributed by atoms with van der Waals surface area (Å²) >= 11 is 0. The Morgan fingerprint density at radius 2 is 1.26 bits per heavy atom. The quantitative estimate of drug-likeness (QED) is 0.445. The van der Waals surface area contributed by atoms with E-state index in [1.807, 2.05) is 105 Å². The van der Waals surface area contributed by atoms with Gasteiger partial charge in [0, 0.05) is 0 Å². The average molecular weight is 480 g/mol. The first-order chi connectivity index (χ1) is 15.9. The maximum Gasteiger partial charge on any atom is 0.240 e. The highest BCUT2D eigenvalue weighted by Gasteiger charge is 2.43. The Kier molecular flexibility index (Phi) is 9.84. The molecule has 3 aromatic rings. The van der Waals surface area contributed by atoms with Crippen LogP contribution in [0.4, 0.5) is 0 Å². The van der Waals surface area contributed by atoms with E-state index >= 15 is 0 Å². The van der Waals surface area contributed by atoms with E-state index in [1.54, 1.807) is 4.90 Å². The highest BCUT2D eigenvalue weighted by atomic mass is 35.5. The van der Waals surface area contributed by atoms with Crippen molar-refractivity contribution < 1.29 is 9.59 Å². The fourth-order valence-electron chi connectivity index (χ4n) is 4.42. The van der Waals surface area contributed by atoms with Gasteiger partial charge in [-0.1, -0.05) is 91.0 Å². The summed E-state index contributed by atoms with van der Waals surface area (Å²) in [5.74, 6) is -1.27. The molecular formula is C28H34ClN3O2. The smallest absolute Gasteiger partial charge is 0.240 e. The van der Waals surface area contributed by atoms with Crippen LogP contribution in [0.1, 0.15) is 49.3 Å². The van der Waals surface area contributed by atoms with Crippen LogP contribution in [0.15, 0.2) is 91.0 Å². The first-order valence-corrected chi connectivity index (χ1v) is 11.4. The highest BCUT2D eigenvalue weighted by molar-refractivity contribution is 5.92. The molecule has 180 valence electrons. The average Bonchev–Trinajstić information content (AvgIpc) is 2.83. The molecule has 0 heterocycles. The summed E-state index contributed by atoms with van der Waals surface area (Å²) in [5.41, 5.74) is 13.5. The molecule has 0 fully saturated rings. The highest BCUT2D eigenvalue weighted by Crippen LogP contribution is 2.36. The van der Waals surface area contributed by atoms with Crippen LogP contribution in [-0.2, 0) is 15.1 Å². The minimum atomic E-state index is -0.786. The van der Waals surface area contributed by atoms with Crippen molar-refractivity contribution in [2.75, 3.05) is 6.54 Å². The predicted octanol–water partition coefficient (Wildman–Crippen LogP) is 4.60. The van der Waals surface area contributed by atoms with Gasteiger partial charge in [-0.3, -0.25) is 9.59 Å². The molecule has 0 radical (unpaired) electrons. The predicted molar refractivity (Wildman–Crippen MR) is 140 cm³/mol. The van der Waals surface area contributed by atoms with Gasteiger partial charge in [-0.15, -0.1) is 12.4 Å². The van der Waals surface area contributed by atoms with Crippen LogP contribution in [0.5, 0.6) is 0 Å². The fourth-order valence-corrected chi connectivity index (χ4v) is 4.42. The largest absolute Gasteiger partial charge is 0.368 e. The van der Waals surface area contributed by atoms with E-state index < -0.39 is 23.4 Å². The number of carbonyl (C=O) groups excluding carboxylic acids is 2. The molecule has 3 rings (SSSR count). The monoisotopic (exact) mass is 479 g/mol. The number of nitrogens with zero attached hydrogens (tertiary/aromatic N) is 1. The number of hydrogen-bond donors (Lipinski definition) is 2. The first-order valence-electron chi connectivity index (χ1n) is 11.4. The van der Waals surface area contributed by atoms with Gasteiger partial charge in [0.25, 0.3) is 0 Å². The molecule has 0 bridgehead atoms. The van der Waals surface area contributed by atoms with Crippen molar-refractivity contribution in [3.05, 3.63) is 108 Å². The molecule has 0 aliphatic rings. The molecule has 0 spiro atoms.